The molecule has 1 aromatic heterocycles. The van der Waals surface area contributed by atoms with Crippen molar-refractivity contribution < 1.29 is 0 Å². The summed E-state index contributed by atoms with van der Waals surface area (Å²) in [7, 11) is 0. The molecule has 4 nitrogen and oxygen atoms in total. The van der Waals surface area contributed by atoms with Crippen LogP contribution in [-0.2, 0) is 6.54 Å². The van der Waals surface area contributed by atoms with Crippen LogP contribution in [0.2, 0.25) is 0 Å². The highest BCUT2D eigenvalue weighted by molar-refractivity contribution is 5.13. The van der Waals surface area contributed by atoms with Gasteiger partial charge < -0.3 is 10.7 Å². The van der Waals surface area contributed by atoms with Crippen LogP contribution in [0.4, 0.5) is 0 Å². The van der Waals surface area contributed by atoms with E-state index in [1.165, 1.54) is 0 Å². The summed E-state index contributed by atoms with van der Waals surface area (Å²) >= 11 is 0. The summed E-state index contributed by atoms with van der Waals surface area (Å²) in [5.41, 5.74) is 6.61. The summed E-state index contributed by atoms with van der Waals surface area (Å²) in [6.07, 6.45) is 0. The standard InChI is InChI=1S/C7H11N3O/c1-4-5(2)9-6(3-8)10-7(4)11/h3,8H2,1-2H3,(H,9,10,11). The second-order valence-electron chi connectivity index (χ2n) is 2.43. The van der Waals surface area contributed by atoms with Crippen molar-refractivity contribution in [3.05, 3.63) is 27.4 Å². The topological polar surface area (TPSA) is 71.8 Å². The molecular formula is C7H11N3O. The molecule has 0 aromatic carbocycles. The van der Waals surface area contributed by atoms with Gasteiger partial charge in [0.25, 0.3) is 5.56 Å². The molecule has 60 valence electrons. The van der Waals surface area contributed by atoms with Crippen LogP contribution in [0.15, 0.2) is 4.79 Å². The number of nitrogens with one attached hydrogen (secondary N) is 1. The van der Waals surface area contributed by atoms with Gasteiger partial charge in [-0.05, 0) is 13.8 Å². The molecule has 0 fully saturated rings. The summed E-state index contributed by atoms with van der Waals surface area (Å²) in [5.74, 6) is 0.540. The molecule has 1 heterocycles. The van der Waals surface area contributed by atoms with Crippen LogP contribution in [0, 0.1) is 13.8 Å². The van der Waals surface area contributed by atoms with Gasteiger partial charge >= 0.3 is 0 Å². The molecule has 0 saturated carbocycles. The van der Waals surface area contributed by atoms with Crippen LogP contribution in [0.25, 0.3) is 0 Å². The first-order valence-corrected chi connectivity index (χ1v) is 3.41. The van der Waals surface area contributed by atoms with E-state index in [0.29, 0.717) is 11.4 Å². The Hall–Kier alpha value is -1.16. The Kier molecular flexibility index (Phi) is 2.05. The van der Waals surface area contributed by atoms with Crippen LogP contribution >= 0.6 is 0 Å². The van der Waals surface area contributed by atoms with E-state index in [-0.39, 0.29) is 12.1 Å². The van der Waals surface area contributed by atoms with Crippen molar-refractivity contribution in [2.75, 3.05) is 0 Å². The molecule has 0 aliphatic carbocycles. The van der Waals surface area contributed by atoms with Crippen LogP contribution in [0.3, 0.4) is 0 Å². The molecule has 1 rings (SSSR count). The van der Waals surface area contributed by atoms with Gasteiger partial charge in [-0.25, -0.2) is 4.98 Å². The predicted molar refractivity (Wildman–Crippen MR) is 42.2 cm³/mol. The van der Waals surface area contributed by atoms with Gasteiger partial charge in [0.1, 0.15) is 5.82 Å². The maximum atomic E-state index is 11.1. The molecule has 0 saturated heterocycles. The monoisotopic (exact) mass is 153 g/mol. The molecule has 0 aliphatic rings. The largest absolute Gasteiger partial charge is 0.324 e. The van der Waals surface area contributed by atoms with E-state index in [4.69, 9.17) is 5.73 Å². The zero-order valence-electron chi connectivity index (χ0n) is 6.64. The summed E-state index contributed by atoms with van der Waals surface area (Å²) in [5, 5.41) is 0. The fourth-order valence-electron chi connectivity index (χ4n) is 0.800. The first kappa shape index (κ1) is 7.94. The zero-order chi connectivity index (χ0) is 8.43. The third kappa shape index (κ3) is 1.46. The van der Waals surface area contributed by atoms with E-state index in [1.54, 1.807) is 13.8 Å². The second-order valence-corrected chi connectivity index (χ2v) is 2.43. The zero-order valence-corrected chi connectivity index (χ0v) is 6.64. The Morgan fingerprint density at radius 2 is 2.18 bits per heavy atom. The Morgan fingerprint density at radius 1 is 1.55 bits per heavy atom. The molecule has 0 unspecified atom stereocenters. The molecule has 0 bridgehead atoms. The molecule has 1 aromatic rings. The first-order chi connectivity index (χ1) is 5.15. The van der Waals surface area contributed by atoms with Gasteiger partial charge in [0.05, 0.1) is 6.54 Å². The molecule has 0 spiro atoms. The van der Waals surface area contributed by atoms with Crippen LogP contribution in [0.1, 0.15) is 17.1 Å². The average Bonchev–Trinajstić information content (AvgIpc) is 1.99. The molecule has 3 N–H and O–H groups in total. The molecule has 0 amide bonds. The molecule has 11 heavy (non-hydrogen) atoms. The molecule has 4 heteroatoms. The Balaban J connectivity index is 3.32. The number of aromatic nitrogens is 2. The van der Waals surface area contributed by atoms with E-state index in [2.05, 4.69) is 9.97 Å². The number of nitrogens with two attached hydrogens (primary N) is 1. The normalized spacial score (nSPS) is 10.1. The van der Waals surface area contributed by atoms with Crippen molar-refractivity contribution in [1.29, 1.82) is 0 Å². The van der Waals surface area contributed by atoms with Crippen LogP contribution in [0.5, 0.6) is 0 Å². The van der Waals surface area contributed by atoms with Crippen molar-refractivity contribution in [2.24, 2.45) is 5.73 Å². The van der Waals surface area contributed by atoms with Crippen LogP contribution < -0.4 is 11.3 Å². The number of aromatic amines is 1. The van der Waals surface area contributed by atoms with Crippen molar-refractivity contribution >= 4 is 0 Å². The molecule has 0 radical (unpaired) electrons. The Bertz CT molecular complexity index is 316. The Morgan fingerprint density at radius 3 is 2.64 bits per heavy atom. The fraction of sp³-hybridized carbons (Fsp3) is 0.429. The van der Waals surface area contributed by atoms with E-state index < -0.39 is 0 Å². The van der Waals surface area contributed by atoms with Gasteiger partial charge in [-0.1, -0.05) is 0 Å². The highest BCUT2D eigenvalue weighted by Crippen LogP contribution is 1.94. The van der Waals surface area contributed by atoms with Gasteiger partial charge in [0.15, 0.2) is 0 Å². The Labute approximate surface area is 64.5 Å². The number of H-pyrrole nitrogens is 1. The van der Waals surface area contributed by atoms with E-state index in [0.717, 1.165) is 5.69 Å². The summed E-state index contributed by atoms with van der Waals surface area (Å²) in [6.45, 7) is 3.81. The lowest BCUT2D eigenvalue weighted by Crippen LogP contribution is -2.18. The third-order valence-electron chi connectivity index (χ3n) is 1.64. The maximum Gasteiger partial charge on any atom is 0.254 e. The molecule has 0 atom stereocenters. The minimum atomic E-state index is -0.0991. The fourth-order valence-corrected chi connectivity index (χ4v) is 0.800. The minimum absolute atomic E-state index is 0.0991. The average molecular weight is 153 g/mol. The minimum Gasteiger partial charge on any atom is -0.324 e. The number of hydrogen-bond donors (Lipinski definition) is 2. The van der Waals surface area contributed by atoms with E-state index >= 15 is 0 Å². The number of rotatable bonds is 1. The lowest BCUT2D eigenvalue weighted by molar-refractivity contribution is 0.862. The van der Waals surface area contributed by atoms with Crippen molar-refractivity contribution in [3.63, 3.8) is 0 Å². The lowest BCUT2D eigenvalue weighted by Gasteiger charge is -1.99. The SMILES string of the molecule is Cc1nc(CN)[nH]c(=O)c1C. The maximum absolute atomic E-state index is 11.1. The number of nitrogens with zero attached hydrogens (tertiary/aromatic N) is 1. The summed E-state index contributed by atoms with van der Waals surface area (Å²) in [4.78, 5) is 17.7. The second kappa shape index (κ2) is 2.84. The summed E-state index contributed by atoms with van der Waals surface area (Å²) in [6, 6.07) is 0. The quantitative estimate of drug-likeness (QED) is 0.589. The third-order valence-corrected chi connectivity index (χ3v) is 1.64. The van der Waals surface area contributed by atoms with Gasteiger partial charge in [-0.2, -0.15) is 0 Å². The lowest BCUT2D eigenvalue weighted by atomic mass is 10.3. The smallest absolute Gasteiger partial charge is 0.254 e. The van der Waals surface area contributed by atoms with Crippen molar-refractivity contribution in [1.82, 2.24) is 9.97 Å². The van der Waals surface area contributed by atoms with Crippen molar-refractivity contribution in [3.8, 4) is 0 Å². The highest BCUT2D eigenvalue weighted by Gasteiger charge is 2.00. The number of hydrogen-bond acceptors (Lipinski definition) is 3. The van der Waals surface area contributed by atoms with Gasteiger partial charge in [-0.15, -0.1) is 0 Å². The highest BCUT2D eigenvalue weighted by atomic mass is 16.1. The molecule has 0 aliphatic heterocycles. The summed E-state index contributed by atoms with van der Waals surface area (Å²) < 4.78 is 0. The molecular weight excluding hydrogens is 142 g/mol. The van der Waals surface area contributed by atoms with Gasteiger partial charge in [-0.3, -0.25) is 4.79 Å². The van der Waals surface area contributed by atoms with E-state index in [9.17, 15) is 4.79 Å². The van der Waals surface area contributed by atoms with E-state index in [1.807, 2.05) is 0 Å². The van der Waals surface area contributed by atoms with Gasteiger partial charge in [0, 0.05) is 11.3 Å². The predicted octanol–water partition coefficient (Wildman–Crippen LogP) is -0.155. The first-order valence-electron chi connectivity index (χ1n) is 3.41. The van der Waals surface area contributed by atoms with Gasteiger partial charge in [0.2, 0.25) is 0 Å². The number of aryl methyl sites for hydroxylation is 1. The van der Waals surface area contributed by atoms with Crippen LogP contribution in [-0.4, -0.2) is 9.97 Å². The van der Waals surface area contributed by atoms with Crippen molar-refractivity contribution in [2.45, 2.75) is 20.4 Å².